The van der Waals surface area contributed by atoms with Gasteiger partial charge in [-0.3, -0.25) is 20.2 Å². The van der Waals surface area contributed by atoms with Crippen molar-refractivity contribution in [2.45, 2.75) is 86.1 Å². The number of likely N-dealkylation sites (tertiary alicyclic amines) is 1. The highest BCUT2D eigenvalue weighted by molar-refractivity contribution is 8.00. The summed E-state index contributed by atoms with van der Waals surface area (Å²) in [7, 11) is 1.71. The number of carbonyl (C=O) groups is 2. The van der Waals surface area contributed by atoms with E-state index < -0.39 is 24.4 Å². The third kappa shape index (κ3) is 6.51. The van der Waals surface area contributed by atoms with E-state index in [9.17, 15) is 22.8 Å². The Bertz CT molecular complexity index is 882. The Hall–Kier alpha value is -0.790. The van der Waals surface area contributed by atoms with Crippen LogP contribution in [0.2, 0.25) is 0 Å². The maximum Gasteiger partial charge on any atom is 0.241 e. The second-order valence-corrected chi connectivity index (χ2v) is 13.9. The van der Waals surface area contributed by atoms with Gasteiger partial charge in [-0.25, -0.2) is 13.2 Å². The fourth-order valence-corrected chi connectivity index (χ4v) is 9.04. The van der Waals surface area contributed by atoms with Gasteiger partial charge in [0, 0.05) is 56.5 Å². The lowest BCUT2D eigenvalue weighted by molar-refractivity contribution is -0.139. The van der Waals surface area contributed by atoms with Gasteiger partial charge in [-0.2, -0.15) is 0 Å². The first-order valence-corrected chi connectivity index (χ1v) is 15.6. The van der Waals surface area contributed by atoms with Gasteiger partial charge in [0.05, 0.1) is 23.4 Å². The lowest BCUT2D eigenvalue weighted by Gasteiger charge is -2.45. The first-order chi connectivity index (χ1) is 18.6. The molecule has 8 nitrogen and oxygen atoms in total. The van der Waals surface area contributed by atoms with Crippen LogP contribution in [0, 0.1) is 29.6 Å². The molecular formula is C26H41ClF3N5O3S. The van der Waals surface area contributed by atoms with Crippen LogP contribution in [-0.4, -0.2) is 97.0 Å². The fourth-order valence-electron chi connectivity index (χ4n) is 7.33. The number of hydrogen-bond donors (Lipinski definition) is 4. The summed E-state index contributed by atoms with van der Waals surface area (Å²) < 4.78 is 46.4. The van der Waals surface area contributed by atoms with Crippen molar-refractivity contribution in [1.29, 1.82) is 0 Å². The maximum absolute atomic E-state index is 14.6. The molecule has 0 bridgehead atoms. The van der Waals surface area contributed by atoms with E-state index in [2.05, 4.69) is 28.2 Å². The van der Waals surface area contributed by atoms with Crippen molar-refractivity contribution in [3.63, 3.8) is 0 Å². The standard InChI is InChI=1S/C26H41ClF3N5O3S/c1-12-5-15(16-7-22(27)32-9-20(16)38-2)17(8-31-12)24(36)34-26-33-19-10-35(11-21(19)39-26)25(37)14-4-3-13(23(29)30)6-18(14)28/h12-23,26,31-33H,3-11H2,1-2H3,(H,34,36). The summed E-state index contributed by atoms with van der Waals surface area (Å²) in [5.74, 6) is -1.97. The van der Waals surface area contributed by atoms with Crippen molar-refractivity contribution in [2.24, 2.45) is 29.6 Å². The van der Waals surface area contributed by atoms with Gasteiger partial charge in [0.15, 0.2) is 0 Å². The molecule has 12 unspecified atom stereocenters. The molecule has 1 aliphatic carbocycles. The van der Waals surface area contributed by atoms with Gasteiger partial charge in [-0.15, -0.1) is 23.4 Å². The van der Waals surface area contributed by atoms with E-state index in [1.165, 1.54) is 0 Å². The van der Waals surface area contributed by atoms with Gasteiger partial charge in [-0.1, -0.05) is 0 Å². The number of carbonyl (C=O) groups excluding carboxylic acids is 2. The first-order valence-electron chi connectivity index (χ1n) is 14.2. The quantitative estimate of drug-likeness (QED) is 0.276. The average molecular weight is 596 g/mol. The van der Waals surface area contributed by atoms with Gasteiger partial charge in [0.1, 0.15) is 11.7 Å². The predicted octanol–water partition coefficient (Wildman–Crippen LogP) is 2.13. The Balaban J connectivity index is 1.14. The summed E-state index contributed by atoms with van der Waals surface area (Å²) >= 11 is 8.03. The second kappa shape index (κ2) is 12.6. The molecule has 4 aliphatic heterocycles. The zero-order valence-corrected chi connectivity index (χ0v) is 24.0. The molecule has 5 rings (SSSR count). The van der Waals surface area contributed by atoms with E-state index >= 15 is 0 Å². The maximum atomic E-state index is 14.6. The van der Waals surface area contributed by atoms with E-state index in [0.717, 1.165) is 12.8 Å². The number of alkyl halides is 4. The van der Waals surface area contributed by atoms with Crippen LogP contribution in [0.4, 0.5) is 13.2 Å². The monoisotopic (exact) mass is 595 g/mol. The third-order valence-electron chi connectivity index (χ3n) is 9.53. The highest BCUT2D eigenvalue weighted by atomic mass is 35.5. The molecule has 0 aromatic carbocycles. The molecule has 2 amide bonds. The fraction of sp³-hybridized carbons (Fsp3) is 0.923. The summed E-state index contributed by atoms with van der Waals surface area (Å²) in [6, 6.07) is 0.288. The van der Waals surface area contributed by atoms with E-state index in [4.69, 9.17) is 16.3 Å². The van der Waals surface area contributed by atoms with Crippen LogP contribution < -0.4 is 21.3 Å². The molecule has 1 saturated carbocycles. The van der Waals surface area contributed by atoms with Crippen molar-refractivity contribution in [3.05, 3.63) is 0 Å². The van der Waals surface area contributed by atoms with Gasteiger partial charge < -0.3 is 20.3 Å². The van der Waals surface area contributed by atoms with E-state index in [1.54, 1.807) is 23.8 Å². The molecule has 4 N–H and O–H groups in total. The van der Waals surface area contributed by atoms with Crippen LogP contribution in [0.15, 0.2) is 0 Å². The normalized spacial score (nSPS) is 44.8. The largest absolute Gasteiger partial charge is 0.380 e. The Morgan fingerprint density at radius 2 is 1.87 bits per heavy atom. The molecule has 39 heavy (non-hydrogen) atoms. The minimum absolute atomic E-state index is 0.00167. The topological polar surface area (TPSA) is 94.7 Å². The number of amides is 2. The molecule has 12 atom stereocenters. The number of rotatable bonds is 6. The molecule has 0 aromatic rings. The van der Waals surface area contributed by atoms with Crippen molar-refractivity contribution < 1.29 is 27.5 Å². The number of halogens is 4. The molecule has 0 spiro atoms. The van der Waals surface area contributed by atoms with Gasteiger partial charge >= 0.3 is 0 Å². The van der Waals surface area contributed by atoms with Crippen LogP contribution in [0.25, 0.3) is 0 Å². The number of nitrogens with zero attached hydrogens (tertiary/aromatic N) is 1. The number of hydrogen-bond acceptors (Lipinski definition) is 7. The van der Waals surface area contributed by atoms with Crippen LogP contribution in [0.1, 0.15) is 39.0 Å². The molecule has 222 valence electrons. The highest BCUT2D eigenvalue weighted by Crippen LogP contribution is 2.40. The van der Waals surface area contributed by atoms with Crippen molar-refractivity contribution in [3.8, 4) is 0 Å². The smallest absolute Gasteiger partial charge is 0.241 e. The zero-order chi connectivity index (χ0) is 27.8. The van der Waals surface area contributed by atoms with Crippen LogP contribution in [-0.2, 0) is 14.3 Å². The SMILES string of the molecule is COC1CNC(Cl)CC1C1CC(C)NCC1C(=O)NC1NC2CN(C(=O)C3CCC(C(F)F)CC3F)CC2S1. The summed E-state index contributed by atoms with van der Waals surface area (Å²) in [5.41, 5.74) is -0.411. The van der Waals surface area contributed by atoms with Crippen LogP contribution in [0.5, 0.6) is 0 Å². The number of thioether (sulfide) groups is 1. The van der Waals surface area contributed by atoms with Crippen LogP contribution in [0.3, 0.4) is 0 Å². The Morgan fingerprint density at radius 3 is 2.56 bits per heavy atom. The minimum Gasteiger partial charge on any atom is -0.380 e. The Labute approximate surface area is 237 Å². The summed E-state index contributed by atoms with van der Waals surface area (Å²) in [4.78, 5) is 28.2. The minimum atomic E-state index is -2.54. The number of fused-ring (bicyclic) bond motifs is 1. The average Bonchev–Trinajstić information content (AvgIpc) is 3.47. The molecular weight excluding hydrogens is 555 g/mol. The molecule has 0 radical (unpaired) electrons. The Morgan fingerprint density at radius 1 is 1.08 bits per heavy atom. The molecule has 4 heterocycles. The second-order valence-electron chi connectivity index (χ2n) is 12.0. The highest BCUT2D eigenvalue weighted by Gasteiger charge is 2.48. The van der Waals surface area contributed by atoms with Crippen molar-refractivity contribution in [2.75, 3.05) is 33.3 Å². The lowest BCUT2D eigenvalue weighted by Crippen LogP contribution is -2.57. The first kappa shape index (κ1) is 29.7. The molecule has 4 saturated heterocycles. The van der Waals surface area contributed by atoms with Crippen molar-refractivity contribution in [1.82, 2.24) is 26.2 Å². The predicted molar refractivity (Wildman–Crippen MR) is 144 cm³/mol. The van der Waals surface area contributed by atoms with Gasteiger partial charge in [0.2, 0.25) is 18.2 Å². The summed E-state index contributed by atoms with van der Waals surface area (Å²) in [6.45, 7) is 4.28. The van der Waals surface area contributed by atoms with E-state index in [0.29, 0.717) is 32.2 Å². The zero-order valence-electron chi connectivity index (χ0n) is 22.5. The molecule has 0 aromatic heterocycles. The lowest BCUT2D eigenvalue weighted by atomic mass is 9.70. The molecule has 13 heteroatoms. The van der Waals surface area contributed by atoms with E-state index in [-0.39, 0.29) is 77.2 Å². The third-order valence-corrected chi connectivity index (χ3v) is 11.2. The van der Waals surface area contributed by atoms with Gasteiger partial charge in [0.25, 0.3) is 0 Å². The van der Waals surface area contributed by atoms with Crippen molar-refractivity contribution >= 4 is 35.2 Å². The number of ether oxygens (including phenoxy) is 1. The number of nitrogens with one attached hydrogen (secondary N) is 4. The summed E-state index contributed by atoms with van der Waals surface area (Å²) in [5, 5.41) is 13.4. The summed E-state index contributed by atoms with van der Waals surface area (Å²) in [6.07, 6.45) is -2.35. The van der Waals surface area contributed by atoms with Crippen LogP contribution >= 0.6 is 23.4 Å². The number of piperidine rings is 2. The number of methoxy groups -OCH3 is 1. The molecule has 5 fully saturated rings. The van der Waals surface area contributed by atoms with Gasteiger partial charge in [-0.05, 0) is 50.9 Å². The van der Waals surface area contributed by atoms with E-state index in [1.807, 2.05) is 0 Å². The Kier molecular flexibility index (Phi) is 9.60. The molecule has 5 aliphatic rings.